The van der Waals surface area contributed by atoms with Crippen molar-refractivity contribution in [1.82, 2.24) is 15.3 Å². The fraction of sp³-hybridized carbons (Fsp3) is 0.172. The van der Waals surface area contributed by atoms with Gasteiger partial charge in [0.1, 0.15) is 67.5 Å². The number of aromatic nitrogens is 2. The number of methoxy groups -OCH3 is 3. The third-order valence-corrected chi connectivity index (χ3v) is 9.92. The van der Waals surface area contributed by atoms with Crippen LogP contribution in [-0.4, -0.2) is 81.8 Å². The van der Waals surface area contributed by atoms with E-state index in [1.54, 1.807) is 72.8 Å². The first kappa shape index (κ1) is 58.5. The number of amides is 1. The van der Waals surface area contributed by atoms with Crippen molar-refractivity contribution >= 4 is 34.8 Å². The molecule has 0 radical (unpaired) electrons. The molecule has 392 valence electrons. The van der Waals surface area contributed by atoms with Crippen molar-refractivity contribution in [3.05, 3.63) is 204 Å². The number of ether oxygens (including phenoxy) is 7. The van der Waals surface area contributed by atoms with Gasteiger partial charge >= 0.3 is 11.9 Å². The summed E-state index contributed by atoms with van der Waals surface area (Å²) in [6.45, 7) is 6.29. The number of aryl methyl sites for hydroxylation is 1. The van der Waals surface area contributed by atoms with Crippen LogP contribution in [-0.2, 0) is 44.9 Å². The van der Waals surface area contributed by atoms with Crippen molar-refractivity contribution in [1.29, 1.82) is 5.26 Å². The summed E-state index contributed by atoms with van der Waals surface area (Å²) in [5.41, 5.74) is 4.33. The number of esters is 2. The van der Waals surface area contributed by atoms with Crippen molar-refractivity contribution in [3.8, 4) is 46.6 Å². The van der Waals surface area contributed by atoms with Gasteiger partial charge in [0, 0.05) is 18.2 Å². The predicted molar refractivity (Wildman–Crippen MR) is 286 cm³/mol. The van der Waals surface area contributed by atoms with Crippen molar-refractivity contribution in [2.24, 2.45) is 10.3 Å². The number of carbonyl (C=O) groups is 3. The fourth-order valence-electron chi connectivity index (χ4n) is 6.46. The third-order valence-electron chi connectivity index (χ3n) is 9.92. The van der Waals surface area contributed by atoms with Crippen LogP contribution in [0.4, 0.5) is 0 Å². The van der Waals surface area contributed by atoms with Gasteiger partial charge in [-0.3, -0.25) is 4.79 Å². The summed E-state index contributed by atoms with van der Waals surface area (Å²) in [7, 11) is 8.33. The van der Waals surface area contributed by atoms with Gasteiger partial charge in [0.2, 0.25) is 11.8 Å². The summed E-state index contributed by atoms with van der Waals surface area (Å²) < 4.78 is 37.8. The number of hydrogen-bond acceptors (Lipinski definition) is 17. The Balaban J connectivity index is 0.000000247. The zero-order valence-corrected chi connectivity index (χ0v) is 43.5. The van der Waals surface area contributed by atoms with Gasteiger partial charge in [0.25, 0.3) is 5.91 Å². The largest absolute Gasteiger partial charge is 0.503 e. The number of nitrogens with one attached hydrogen (secondary N) is 1. The topological polar surface area (TPSA) is 221 Å². The molecule has 0 atom stereocenters. The quantitative estimate of drug-likeness (QED) is 0.0278. The maximum absolute atomic E-state index is 12.1. The molecule has 18 nitrogen and oxygen atoms in total. The van der Waals surface area contributed by atoms with E-state index in [2.05, 4.69) is 31.7 Å². The molecule has 0 aliphatic rings. The molecule has 7 aromatic rings. The lowest BCUT2D eigenvalue weighted by Crippen LogP contribution is -2.28. The Bertz CT molecular complexity index is 3120. The predicted octanol–water partition coefficient (Wildman–Crippen LogP) is 10.8. The first-order valence-corrected chi connectivity index (χ1v) is 23.3. The molecule has 0 saturated heterocycles. The minimum atomic E-state index is -0.576. The molecule has 0 aliphatic carbocycles. The maximum Gasteiger partial charge on any atom is 0.360 e. The summed E-state index contributed by atoms with van der Waals surface area (Å²) in [6, 6.07) is 48.8. The highest BCUT2D eigenvalue weighted by Crippen LogP contribution is 2.32. The first-order valence-electron chi connectivity index (χ1n) is 23.3. The summed E-state index contributed by atoms with van der Waals surface area (Å²) >= 11 is 0. The molecule has 0 spiro atoms. The lowest BCUT2D eigenvalue weighted by atomic mass is 10.0. The third kappa shape index (κ3) is 17.3. The molecule has 7 rings (SSSR count). The number of carbonyl (C=O) groups excluding carboxylic acids is 3. The smallest absolute Gasteiger partial charge is 0.360 e. The van der Waals surface area contributed by atoms with Crippen molar-refractivity contribution in [2.75, 3.05) is 42.6 Å². The number of benzene rings is 6. The van der Waals surface area contributed by atoms with E-state index in [9.17, 15) is 19.6 Å². The lowest BCUT2D eigenvalue weighted by molar-refractivity contribution is -0.134. The molecule has 0 aliphatic heterocycles. The summed E-state index contributed by atoms with van der Waals surface area (Å²) in [5, 5.41) is 19.3. The lowest BCUT2D eigenvalue weighted by Gasteiger charge is -2.12. The summed E-state index contributed by atoms with van der Waals surface area (Å²) in [5.74, 6) is 1.62. The Hall–Kier alpha value is -10.0. The monoisotopic (exact) mass is 1030 g/mol. The van der Waals surface area contributed by atoms with Crippen LogP contribution in [0.1, 0.15) is 47.2 Å². The molecule has 0 saturated carbocycles. The number of likely N-dealkylation sites (N-methyl/N-ethyl adjacent to an activating group) is 1. The van der Waals surface area contributed by atoms with Gasteiger partial charge in [0.05, 0.1) is 44.8 Å². The average Bonchev–Trinajstić information content (AvgIpc) is 3.46. The number of oxime groups is 2. The van der Waals surface area contributed by atoms with E-state index in [1.165, 1.54) is 61.3 Å². The van der Waals surface area contributed by atoms with E-state index in [-0.39, 0.29) is 34.7 Å². The van der Waals surface area contributed by atoms with Crippen molar-refractivity contribution < 1.29 is 57.2 Å². The van der Waals surface area contributed by atoms with Gasteiger partial charge in [-0.2, -0.15) is 5.26 Å². The molecule has 1 N–H and O–H groups in total. The van der Waals surface area contributed by atoms with Crippen LogP contribution < -0.4 is 24.3 Å². The first-order chi connectivity index (χ1) is 37.1. The second-order valence-electron chi connectivity index (χ2n) is 14.7. The van der Waals surface area contributed by atoms with Crippen LogP contribution in [0.3, 0.4) is 0 Å². The standard InChI is InChI=1S/C22H17N3O5.C18H19NO4.C16H16N2O3.C2H6/c1-27-13-17(22(26)28-2)16-8-4-6-10-19(16)30-21-11-20(24-14-25-21)29-18-9-5-3-7-15(18)12-23;1-13-8-4-7-11-16(13)23-12-14-9-5-6-10-15(14)17(19-22-3)18(20)21-2;1-17-16(19)15(18-20-2)13-10-6-7-11-14(13)21-12-8-4-3-5-9-12;1-2/h3-11,13-14H,1-2H3;4-11H,12H2,1-3H3;3-11H,1-2H3,(H,17,19);1-2H3/b17-13-;19-17+;18-15+;. The zero-order chi connectivity index (χ0) is 55.1. The van der Waals surface area contributed by atoms with Gasteiger partial charge in [-0.15, -0.1) is 0 Å². The molecule has 0 bridgehead atoms. The fourth-order valence-corrected chi connectivity index (χ4v) is 6.46. The van der Waals surface area contributed by atoms with E-state index in [1.807, 2.05) is 99.6 Å². The van der Waals surface area contributed by atoms with E-state index >= 15 is 0 Å². The second kappa shape index (κ2) is 32.1. The van der Waals surface area contributed by atoms with E-state index in [4.69, 9.17) is 42.8 Å². The molecule has 1 aromatic heterocycles. The number of para-hydroxylation sites is 5. The Morgan fingerprint density at radius 3 is 1.70 bits per heavy atom. The normalized spacial score (nSPS) is 10.6. The number of nitriles is 1. The SMILES string of the molecule is CC.CNC(=O)/C(=N/OC)c1ccccc1Oc1ccccc1.CO/C=C(\C(=O)OC)c1ccccc1Oc1cc(Oc2ccccc2C#N)ncn1.CO/N=C(/C(=O)OC)c1ccccc1COc1ccccc1C. The Morgan fingerprint density at radius 1 is 0.592 bits per heavy atom. The van der Waals surface area contributed by atoms with Crippen molar-refractivity contribution in [2.45, 2.75) is 27.4 Å². The van der Waals surface area contributed by atoms with Gasteiger partial charge in [-0.25, -0.2) is 19.6 Å². The summed E-state index contributed by atoms with van der Waals surface area (Å²) in [6.07, 6.45) is 2.55. The van der Waals surface area contributed by atoms with Crippen LogP contribution in [0.2, 0.25) is 0 Å². The number of hydrogen-bond donors (Lipinski definition) is 1. The highest BCUT2D eigenvalue weighted by atomic mass is 16.6. The minimum Gasteiger partial charge on any atom is -0.503 e. The molecule has 0 fully saturated rings. The molecule has 1 amide bonds. The molecule has 0 unspecified atom stereocenters. The Kier molecular flexibility index (Phi) is 24.8. The van der Waals surface area contributed by atoms with E-state index < -0.39 is 11.9 Å². The average molecular weight is 1030 g/mol. The van der Waals surface area contributed by atoms with Gasteiger partial charge in [0.15, 0.2) is 11.4 Å². The van der Waals surface area contributed by atoms with Crippen LogP contribution in [0.5, 0.6) is 40.5 Å². The van der Waals surface area contributed by atoms with Crippen LogP contribution in [0, 0.1) is 18.3 Å². The molecular formula is C58H58N6O12. The Morgan fingerprint density at radius 2 is 1.11 bits per heavy atom. The molecule has 76 heavy (non-hydrogen) atoms. The van der Waals surface area contributed by atoms with Gasteiger partial charge < -0.3 is 48.2 Å². The number of rotatable bonds is 18. The highest BCUT2D eigenvalue weighted by molar-refractivity contribution is 6.45. The van der Waals surface area contributed by atoms with E-state index in [0.717, 1.165) is 16.9 Å². The van der Waals surface area contributed by atoms with E-state index in [0.29, 0.717) is 51.9 Å². The molecule has 6 aromatic carbocycles. The number of nitrogens with zero attached hydrogens (tertiary/aromatic N) is 5. The van der Waals surface area contributed by atoms with Gasteiger partial charge in [-0.1, -0.05) is 127 Å². The zero-order valence-electron chi connectivity index (χ0n) is 43.5. The Labute approximate surface area is 441 Å². The second-order valence-corrected chi connectivity index (χ2v) is 14.7. The molecule has 18 heteroatoms. The molecule has 1 heterocycles. The van der Waals surface area contributed by atoms with Crippen LogP contribution >= 0.6 is 0 Å². The van der Waals surface area contributed by atoms with Gasteiger partial charge in [-0.05, 0) is 66.6 Å². The van der Waals surface area contributed by atoms with Crippen molar-refractivity contribution in [3.63, 3.8) is 0 Å². The molecular weight excluding hydrogens is 973 g/mol. The summed E-state index contributed by atoms with van der Waals surface area (Å²) in [4.78, 5) is 53.6. The highest BCUT2D eigenvalue weighted by Gasteiger charge is 2.21. The maximum atomic E-state index is 12.1. The van der Waals surface area contributed by atoms with Crippen LogP contribution in [0.15, 0.2) is 181 Å². The minimum absolute atomic E-state index is 0.110. The van der Waals surface area contributed by atoms with Crippen LogP contribution in [0.25, 0.3) is 5.57 Å².